The van der Waals surface area contributed by atoms with Crippen LogP contribution in [-0.4, -0.2) is 46.9 Å². The molecular weight excluding hydrogens is 406 g/mol. The minimum Gasteiger partial charge on any atom is -0.508 e. The van der Waals surface area contributed by atoms with Crippen LogP contribution in [0.2, 0.25) is 0 Å². The summed E-state index contributed by atoms with van der Waals surface area (Å²) in [6.45, 7) is 0.556. The van der Waals surface area contributed by atoms with Gasteiger partial charge in [0.05, 0.1) is 5.92 Å². The molecule has 5 rings (SSSR count). The van der Waals surface area contributed by atoms with Gasteiger partial charge >= 0.3 is 12.1 Å². The molecule has 3 aromatic carbocycles. The van der Waals surface area contributed by atoms with Crippen molar-refractivity contribution in [3.05, 3.63) is 89.5 Å². The van der Waals surface area contributed by atoms with E-state index in [0.717, 1.165) is 27.8 Å². The van der Waals surface area contributed by atoms with E-state index in [0.29, 0.717) is 0 Å². The van der Waals surface area contributed by atoms with E-state index in [2.05, 4.69) is 24.3 Å². The molecule has 2 atom stereocenters. The Hall–Kier alpha value is -3.80. The topological polar surface area (TPSA) is 87.1 Å². The van der Waals surface area contributed by atoms with Crippen LogP contribution in [0, 0.1) is 5.92 Å². The molecule has 162 valence electrons. The molecule has 1 saturated heterocycles. The van der Waals surface area contributed by atoms with Crippen molar-refractivity contribution in [3.63, 3.8) is 0 Å². The third-order valence-corrected chi connectivity index (χ3v) is 6.55. The lowest BCUT2D eigenvalue weighted by Gasteiger charge is -2.19. The van der Waals surface area contributed by atoms with E-state index in [-0.39, 0.29) is 37.3 Å². The summed E-state index contributed by atoms with van der Waals surface area (Å²) in [7, 11) is 0. The normalized spacial score (nSPS) is 19.4. The van der Waals surface area contributed by atoms with Crippen molar-refractivity contribution in [2.24, 2.45) is 5.92 Å². The predicted molar refractivity (Wildman–Crippen MR) is 119 cm³/mol. The number of ether oxygens (including phenoxy) is 1. The molecule has 0 spiro atoms. The minimum atomic E-state index is -0.947. The Bertz CT molecular complexity index is 1130. The Labute approximate surface area is 185 Å². The lowest BCUT2D eigenvalue weighted by atomic mass is 9.89. The molecule has 3 aromatic rings. The second kappa shape index (κ2) is 8.04. The summed E-state index contributed by atoms with van der Waals surface area (Å²) in [6.07, 6.45) is -0.501. The summed E-state index contributed by atoms with van der Waals surface area (Å²) in [4.78, 5) is 26.2. The quantitative estimate of drug-likeness (QED) is 0.640. The molecule has 1 aliphatic carbocycles. The maximum Gasteiger partial charge on any atom is 0.409 e. The van der Waals surface area contributed by atoms with Gasteiger partial charge < -0.3 is 19.8 Å². The number of carboxylic acid groups (broad SMARTS) is 1. The maximum absolute atomic E-state index is 12.9. The average Bonchev–Trinajstić information content (AvgIpc) is 3.39. The fourth-order valence-electron chi connectivity index (χ4n) is 4.95. The van der Waals surface area contributed by atoms with Gasteiger partial charge in [0, 0.05) is 24.9 Å². The van der Waals surface area contributed by atoms with E-state index in [1.54, 1.807) is 12.1 Å². The Balaban J connectivity index is 1.32. The molecule has 0 aromatic heterocycles. The highest BCUT2D eigenvalue weighted by molar-refractivity contribution is 5.79. The van der Waals surface area contributed by atoms with Crippen LogP contribution in [0.5, 0.6) is 5.75 Å². The largest absolute Gasteiger partial charge is 0.508 e. The third-order valence-electron chi connectivity index (χ3n) is 6.55. The maximum atomic E-state index is 12.9. The standard InChI is InChI=1S/C26H23NO5/c28-17-11-9-16(10-12-17)22-13-27(14-23(22)25(29)30)26(31)32-15-24-20-7-3-1-5-18(20)19-6-2-4-8-21(19)24/h1-12,22-24,28H,13-15H2,(H,29,30). The molecule has 1 heterocycles. The molecular formula is C26H23NO5. The first-order chi connectivity index (χ1) is 15.5. The Morgan fingerprint density at radius 1 is 0.875 bits per heavy atom. The van der Waals surface area contributed by atoms with Crippen LogP contribution in [0.25, 0.3) is 11.1 Å². The van der Waals surface area contributed by atoms with Gasteiger partial charge in [-0.25, -0.2) is 4.79 Å². The fraction of sp³-hybridized carbons (Fsp3) is 0.231. The smallest absolute Gasteiger partial charge is 0.409 e. The molecule has 1 aliphatic heterocycles. The van der Waals surface area contributed by atoms with Crippen LogP contribution >= 0.6 is 0 Å². The molecule has 0 saturated carbocycles. The molecule has 2 aliphatic rings. The van der Waals surface area contributed by atoms with Crippen LogP contribution in [0.1, 0.15) is 28.5 Å². The molecule has 0 bridgehead atoms. The highest BCUT2D eigenvalue weighted by Gasteiger charge is 2.41. The third kappa shape index (κ3) is 3.47. The van der Waals surface area contributed by atoms with E-state index >= 15 is 0 Å². The van der Waals surface area contributed by atoms with Gasteiger partial charge in [-0.05, 0) is 39.9 Å². The van der Waals surface area contributed by atoms with Gasteiger partial charge in [0.15, 0.2) is 0 Å². The summed E-state index contributed by atoms with van der Waals surface area (Å²) in [5.41, 5.74) is 5.36. The van der Waals surface area contributed by atoms with Crippen LogP contribution in [0.4, 0.5) is 4.79 Å². The number of carboxylic acids is 1. The van der Waals surface area contributed by atoms with Crippen molar-refractivity contribution in [1.82, 2.24) is 4.90 Å². The molecule has 1 amide bonds. The highest BCUT2D eigenvalue weighted by Crippen LogP contribution is 2.44. The van der Waals surface area contributed by atoms with Crippen LogP contribution in [0.15, 0.2) is 72.8 Å². The van der Waals surface area contributed by atoms with Gasteiger partial charge in [-0.2, -0.15) is 0 Å². The summed E-state index contributed by atoms with van der Waals surface area (Å²) >= 11 is 0. The molecule has 6 heteroatoms. The number of likely N-dealkylation sites (tertiary alicyclic amines) is 1. The number of nitrogens with zero attached hydrogens (tertiary/aromatic N) is 1. The summed E-state index contributed by atoms with van der Waals surface area (Å²) in [5, 5.41) is 19.2. The minimum absolute atomic E-state index is 0.0443. The summed E-state index contributed by atoms with van der Waals surface area (Å²) in [6, 6.07) is 22.7. The SMILES string of the molecule is O=C(O)C1CN(C(=O)OCC2c3ccccc3-c3ccccc32)CC1c1ccc(O)cc1. The summed E-state index contributed by atoms with van der Waals surface area (Å²) in [5.74, 6) is -1.95. The zero-order valence-corrected chi connectivity index (χ0v) is 17.3. The molecule has 2 unspecified atom stereocenters. The first-order valence-electron chi connectivity index (χ1n) is 10.6. The van der Waals surface area contributed by atoms with Crippen molar-refractivity contribution in [2.45, 2.75) is 11.8 Å². The number of amides is 1. The number of rotatable bonds is 4. The highest BCUT2D eigenvalue weighted by atomic mass is 16.6. The van der Waals surface area contributed by atoms with Crippen molar-refractivity contribution >= 4 is 12.1 Å². The number of benzene rings is 3. The van der Waals surface area contributed by atoms with Gasteiger partial charge in [0.25, 0.3) is 0 Å². The Morgan fingerprint density at radius 2 is 1.47 bits per heavy atom. The van der Waals surface area contributed by atoms with E-state index in [1.165, 1.54) is 17.0 Å². The number of hydrogen-bond acceptors (Lipinski definition) is 4. The number of hydrogen-bond donors (Lipinski definition) is 2. The second-order valence-electron chi connectivity index (χ2n) is 8.35. The Kier molecular flexibility index (Phi) is 5.05. The lowest BCUT2D eigenvalue weighted by Crippen LogP contribution is -2.31. The molecule has 1 fully saturated rings. The zero-order valence-electron chi connectivity index (χ0n) is 17.3. The van der Waals surface area contributed by atoms with Gasteiger partial charge in [-0.3, -0.25) is 4.79 Å². The number of fused-ring (bicyclic) bond motifs is 3. The van der Waals surface area contributed by atoms with Crippen molar-refractivity contribution in [2.75, 3.05) is 19.7 Å². The zero-order chi connectivity index (χ0) is 22.2. The van der Waals surface area contributed by atoms with Gasteiger partial charge in [0.1, 0.15) is 12.4 Å². The molecule has 0 radical (unpaired) electrons. The summed E-state index contributed by atoms with van der Waals surface area (Å²) < 4.78 is 5.71. The average molecular weight is 429 g/mol. The molecule has 32 heavy (non-hydrogen) atoms. The number of phenols is 1. The van der Waals surface area contributed by atoms with Crippen molar-refractivity contribution in [1.29, 1.82) is 0 Å². The first-order valence-corrected chi connectivity index (χ1v) is 10.6. The van der Waals surface area contributed by atoms with Crippen LogP contribution in [-0.2, 0) is 9.53 Å². The number of carbonyl (C=O) groups is 2. The van der Waals surface area contributed by atoms with Crippen LogP contribution < -0.4 is 0 Å². The lowest BCUT2D eigenvalue weighted by molar-refractivity contribution is -0.141. The van der Waals surface area contributed by atoms with Crippen LogP contribution in [0.3, 0.4) is 0 Å². The number of carbonyl (C=O) groups excluding carboxylic acids is 1. The van der Waals surface area contributed by atoms with Gasteiger partial charge in [-0.15, -0.1) is 0 Å². The van der Waals surface area contributed by atoms with E-state index in [4.69, 9.17) is 4.74 Å². The molecule has 2 N–H and O–H groups in total. The Morgan fingerprint density at radius 3 is 2.06 bits per heavy atom. The number of aliphatic carboxylic acids is 1. The molecule has 6 nitrogen and oxygen atoms in total. The van der Waals surface area contributed by atoms with E-state index in [1.807, 2.05) is 24.3 Å². The second-order valence-corrected chi connectivity index (χ2v) is 8.35. The van der Waals surface area contributed by atoms with Crippen molar-refractivity contribution in [3.8, 4) is 16.9 Å². The van der Waals surface area contributed by atoms with Crippen molar-refractivity contribution < 1.29 is 24.5 Å². The first kappa shape index (κ1) is 20.1. The number of aromatic hydroxyl groups is 1. The monoisotopic (exact) mass is 429 g/mol. The van der Waals surface area contributed by atoms with E-state index < -0.39 is 18.0 Å². The fourth-order valence-corrected chi connectivity index (χ4v) is 4.95. The number of phenolic OH excluding ortho intramolecular Hbond substituents is 1. The van der Waals surface area contributed by atoms with Gasteiger partial charge in [-0.1, -0.05) is 60.7 Å². The van der Waals surface area contributed by atoms with E-state index in [9.17, 15) is 19.8 Å². The van der Waals surface area contributed by atoms with Gasteiger partial charge in [0.2, 0.25) is 0 Å². The predicted octanol–water partition coefficient (Wildman–Crippen LogP) is 4.44.